The zero-order valence-corrected chi connectivity index (χ0v) is 13.1. The molecular weight excluding hydrogens is 312 g/mol. The van der Waals surface area contributed by atoms with Gasteiger partial charge in [-0.1, -0.05) is 18.2 Å². The molecule has 0 aliphatic carbocycles. The number of rotatable bonds is 6. The summed E-state index contributed by atoms with van der Waals surface area (Å²) in [7, 11) is 2.73. The van der Waals surface area contributed by atoms with Crippen molar-refractivity contribution in [3.63, 3.8) is 0 Å². The van der Waals surface area contributed by atoms with E-state index in [-0.39, 0.29) is 22.8 Å². The van der Waals surface area contributed by atoms with E-state index in [9.17, 15) is 9.59 Å². The first-order valence-corrected chi connectivity index (χ1v) is 6.85. The lowest BCUT2D eigenvalue weighted by atomic mass is 10.1. The summed E-state index contributed by atoms with van der Waals surface area (Å²) in [6.07, 6.45) is 0.740. The third-order valence-electron chi connectivity index (χ3n) is 3.12. The second kappa shape index (κ2) is 7.71. The van der Waals surface area contributed by atoms with Gasteiger partial charge in [-0.05, 0) is 24.3 Å². The minimum atomic E-state index is -0.594. The van der Waals surface area contributed by atoms with Crippen LogP contribution in [0.1, 0.15) is 20.7 Å². The average molecular weight is 326 g/mol. The smallest absolute Gasteiger partial charge is 0.343 e. The van der Waals surface area contributed by atoms with Gasteiger partial charge in [0.2, 0.25) is 5.75 Å². The summed E-state index contributed by atoms with van der Waals surface area (Å²) < 4.78 is 15.7. The zero-order valence-electron chi connectivity index (χ0n) is 13.1. The normalized spacial score (nSPS) is 9.58. The lowest BCUT2D eigenvalue weighted by molar-refractivity contribution is 0.00234. The third kappa shape index (κ3) is 3.66. The number of hydrogen-bond acceptors (Lipinski definition) is 5. The minimum Gasteiger partial charge on any atom is -0.493 e. The van der Waals surface area contributed by atoms with Gasteiger partial charge in [0, 0.05) is 5.56 Å². The molecule has 0 radical (unpaired) electrons. The molecule has 2 aromatic rings. The number of hydrogen-bond donors (Lipinski definition) is 0. The Labute approximate surface area is 138 Å². The van der Waals surface area contributed by atoms with Crippen LogP contribution in [0.4, 0.5) is 0 Å². The Kier molecular flexibility index (Phi) is 5.44. The molecule has 0 fully saturated rings. The van der Waals surface area contributed by atoms with Gasteiger partial charge >= 0.3 is 12.2 Å². The molecule has 0 heterocycles. The summed E-state index contributed by atoms with van der Waals surface area (Å²) in [5.41, 5.74) is 8.98. The minimum absolute atomic E-state index is 0.0475. The molecule has 0 saturated carbocycles. The van der Waals surface area contributed by atoms with Crippen molar-refractivity contribution in [2.24, 2.45) is 0 Å². The fourth-order valence-electron chi connectivity index (χ4n) is 1.98. The highest BCUT2D eigenvalue weighted by Gasteiger charge is 2.21. The van der Waals surface area contributed by atoms with Crippen LogP contribution in [0.3, 0.4) is 0 Å². The van der Waals surface area contributed by atoms with Crippen molar-refractivity contribution in [3.8, 4) is 17.2 Å². The molecule has 2 aromatic carbocycles. The maximum atomic E-state index is 12.2. The number of ketones is 1. The van der Waals surface area contributed by atoms with Gasteiger partial charge in [-0.3, -0.25) is 4.79 Å². The van der Waals surface area contributed by atoms with Crippen LogP contribution in [0.2, 0.25) is 0 Å². The molecule has 0 aliphatic rings. The summed E-state index contributed by atoms with van der Waals surface area (Å²) in [6, 6.07) is 11.1. The van der Waals surface area contributed by atoms with E-state index in [2.05, 4.69) is 4.79 Å². The standard InChI is InChI=1S/C17H14N2O5/c1-22-14-8-12(13(20)10-19-18)9-15(23-2)16(14)24-17(21)11-6-4-3-5-7-11/h3-10H,1-2H3. The topological polar surface area (TPSA) is 98.2 Å². The van der Waals surface area contributed by atoms with Crippen molar-refractivity contribution in [2.75, 3.05) is 14.2 Å². The van der Waals surface area contributed by atoms with E-state index in [0.29, 0.717) is 5.56 Å². The first-order chi connectivity index (χ1) is 11.6. The van der Waals surface area contributed by atoms with E-state index in [4.69, 9.17) is 19.7 Å². The summed E-state index contributed by atoms with van der Waals surface area (Å²) >= 11 is 0. The van der Waals surface area contributed by atoms with E-state index in [1.807, 2.05) is 0 Å². The quantitative estimate of drug-likeness (QED) is 0.203. The third-order valence-corrected chi connectivity index (χ3v) is 3.12. The molecule has 0 bridgehead atoms. The van der Waals surface area contributed by atoms with Crippen LogP contribution in [-0.4, -0.2) is 37.0 Å². The Bertz CT molecular complexity index is 786. The zero-order chi connectivity index (χ0) is 17.5. The van der Waals surface area contributed by atoms with Crippen LogP contribution in [0.25, 0.3) is 5.53 Å². The number of benzene rings is 2. The fraction of sp³-hybridized carbons (Fsp3) is 0.118. The molecule has 0 saturated heterocycles. The van der Waals surface area contributed by atoms with E-state index in [0.717, 1.165) is 6.21 Å². The van der Waals surface area contributed by atoms with Crippen LogP contribution >= 0.6 is 0 Å². The SMILES string of the molecule is COc1cc(C(=O)C=[N+]=[N-])cc(OC)c1OC(=O)c1ccccc1. The van der Waals surface area contributed by atoms with Crippen LogP contribution in [0.5, 0.6) is 17.2 Å². The Morgan fingerprint density at radius 1 is 1.00 bits per heavy atom. The number of ether oxygens (including phenoxy) is 3. The van der Waals surface area contributed by atoms with Gasteiger partial charge in [0.1, 0.15) is 0 Å². The molecule has 0 N–H and O–H groups in total. The Balaban J connectivity index is 2.43. The summed E-state index contributed by atoms with van der Waals surface area (Å²) in [4.78, 5) is 26.7. The molecule has 0 unspecified atom stereocenters. The average Bonchev–Trinajstić information content (AvgIpc) is 2.62. The van der Waals surface area contributed by atoms with Gasteiger partial charge < -0.3 is 19.7 Å². The van der Waals surface area contributed by atoms with Crippen molar-refractivity contribution >= 4 is 18.0 Å². The second-order valence-corrected chi connectivity index (χ2v) is 4.57. The molecule has 0 spiro atoms. The lowest BCUT2D eigenvalue weighted by Gasteiger charge is -2.14. The fourth-order valence-corrected chi connectivity index (χ4v) is 1.98. The van der Waals surface area contributed by atoms with Crippen LogP contribution in [0.15, 0.2) is 42.5 Å². The van der Waals surface area contributed by atoms with E-state index in [1.54, 1.807) is 30.3 Å². The molecule has 0 aliphatic heterocycles. The highest BCUT2D eigenvalue weighted by atomic mass is 16.6. The molecular formula is C17H14N2O5. The second-order valence-electron chi connectivity index (χ2n) is 4.57. The molecule has 0 aromatic heterocycles. The van der Waals surface area contributed by atoms with Gasteiger partial charge in [0.15, 0.2) is 11.5 Å². The number of nitrogens with zero attached hydrogens (tertiary/aromatic N) is 2. The predicted octanol–water partition coefficient (Wildman–Crippen LogP) is 2.41. The van der Waals surface area contributed by atoms with Gasteiger partial charge in [0.05, 0.1) is 19.8 Å². The first kappa shape index (κ1) is 16.9. The monoisotopic (exact) mass is 326 g/mol. The Hall–Kier alpha value is -3.44. The van der Waals surface area contributed by atoms with Gasteiger partial charge in [-0.2, -0.15) is 4.79 Å². The summed E-state index contributed by atoms with van der Waals surface area (Å²) in [5, 5.41) is 0. The van der Waals surface area contributed by atoms with Crippen molar-refractivity contribution in [1.29, 1.82) is 0 Å². The molecule has 24 heavy (non-hydrogen) atoms. The molecule has 0 atom stereocenters. The highest BCUT2D eigenvalue weighted by Crippen LogP contribution is 2.39. The molecule has 7 nitrogen and oxygen atoms in total. The van der Waals surface area contributed by atoms with Crippen molar-refractivity contribution in [2.45, 2.75) is 0 Å². The predicted molar refractivity (Wildman–Crippen MR) is 85.0 cm³/mol. The van der Waals surface area contributed by atoms with E-state index < -0.39 is 11.8 Å². The highest BCUT2D eigenvalue weighted by molar-refractivity contribution is 6.33. The Morgan fingerprint density at radius 3 is 2.08 bits per heavy atom. The molecule has 122 valence electrons. The summed E-state index contributed by atoms with van der Waals surface area (Å²) in [5.74, 6) is -0.841. The maximum Gasteiger partial charge on any atom is 0.343 e. The largest absolute Gasteiger partial charge is 0.493 e. The van der Waals surface area contributed by atoms with Crippen LogP contribution < -0.4 is 14.2 Å². The number of carbonyl (C=O) groups is 2. The molecule has 7 heteroatoms. The number of esters is 1. The van der Waals surface area contributed by atoms with Gasteiger partial charge in [-0.25, -0.2) is 4.79 Å². The number of carbonyl (C=O) groups excluding carboxylic acids is 2. The lowest BCUT2D eigenvalue weighted by Crippen LogP contribution is -2.11. The first-order valence-electron chi connectivity index (χ1n) is 6.85. The van der Waals surface area contributed by atoms with Gasteiger partial charge in [0.25, 0.3) is 5.78 Å². The number of Topliss-reactive ketones (excluding diaryl/α,β-unsaturated/α-hetero) is 1. The molecule has 0 amide bonds. The summed E-state index contributed by atoms with van der Waals surface area (Å²) in [6.45, 7) is 0. The van der Waals surface area contributed by atoms with Gasteiger partial charge in [-0.15, -0.1) is 0 Å². The van der Waals surface area contributed by atoms with Crippen molar-refractivity contribution < 1.29 is 28.6 Å². The number of methoxy groups -OCH3 is 2. The molecule has 2 rings (SSSR count). The van der Waals surface area contributed by atoms with Crippen LogP contribution in [0, 0.1) is 0 Å². The van der Waals surface area contributed by atoms with Crippen molar-refractivity contribution in [3.05, 3.63) is 59.1 Å². The van der Waals surface area contributed by atoms with Crippen LogP contribution in [-0.2, 0) is 0 Å². The Morgan fingerprint density at radius 2 is 1.58 bits per heavy atom. The maximum absolute atomic E-state index is 12.2. The van der Waals surface area contributed by atoms with E-state index in [1.165, 1.54) is 26.4 Å². The van der Waals surface area contributed by atoms with E-state index >= 15 is 0 Å². The van der Waals surface area contributed by atoms with Crippen molar-refractivity contribution in [1.82, 2.24) is 0 Å².